The minimum Gasteiger partial charge on any atom is -0.357 e. The number of hydrogen-bond donors (Lipinski definition) is 2. The normalized spacial score (nSPS) is 15.9. The van der Waals surface area contributed by atoms with Gasteiger partial charge in [-0.15, -0.1) is 0 Å². The van der Waals surface area contributed by atoms with Gasteiger partial charge in [0.25, 0.3) is 0 Å². The second kappa shape index (κ2) is 10.3. The number of aliphatic imine (C=N–C) groups is 1. The smallest absolute Gasteiger partial charge is 0.191 e. The lowest BCUT2D eigenvalue weighted by molar-refractivity contribution is 0.296. The molecule has 4 heteroatoms. The van der Waals surface area contributed by atoms with E-state index in [1.165, 1.54) is 36.8 Å². The van der Waals surface area contributed by atoms with Crippen molar-refractivity contribution in [2.45, 2.75) is 65.6 Å². The number of guanidine groups is 1. The van der Waals surface area contributed by atoms with Crippen LogP contribution in [0.1, 0.15) is 57.6 Å². The fourth-order valence-corrected chi connectivity index (χ4v) is 3.21. The predicted octanol–water partition coefficient (Wildman–Crippen LogP) is 3.53. The molecule has 1 aliphatic carbocycles. The molecular formula is C20H34N4. The molecule has 0 amide bonds. The minimum atomic E-state index is 0.597. The molecule has 0 saturated heterocycles. The van der Waals surface area contributed by atoms with Crippen LogP contribution in [0.5, 0.6) is 0 Å². The highest BCUT2D eigenvalue weighted by atomic mass is 15.2. The van der Waals surface area contributed by atoms with Crippen molar-refractivity contribution in [3.63, 3.8) is 0 Å². The molecule has 1 saturated carbocycles. The van der Waals surface area contributed by atoms with Gasteiger partial charge >= 0.3 is 0 Å². The summed E-state index contributed by atoms with van der Waals surface area (Å²) in [6.07, 6.45) is 5.21. The molecule has 1 aliphatic rings. The molecule has 0 heterocycles. The van der Waals surface area contributed by atoms with Crippen LogP contribution in [0.2, 0.25) is 0 Å². The van der Waals surface area contributed by atoms with Gasteiger partial charge in [0.05, 0.1) is 6.54 Å². The summed E-state index contributed by atoms with van der Waals surface area (Å²) in [6.45, 7) is 11.4. The van der Waals surface area contributed by atoms with E-state index in [4.69, 9.17) is 4.99 Å². The lowest BCUT2D eigenvalue weighted by Crippen LogP contribution is -2.42. The van der Waals surface area contributed by atoms with E-state index in [-0.39, 0.29) is 0 Å². The number of rotatable bonds is 8. The first-order chi connectivity index (χ1) is 11.7. The van der Waals surface area contributed by atoms with Crippen LogP contribution < -0.4 is 10.6 Å². The Labute approximate surface area is 147 Å². The van der Waals surface area contributed by atoms with Gasteiger partial charge in [-0.2, -0.15) is 0 Å². The third kappa shape index (κ3) is 6.16. The molecular weight excluding hydrogens is 296 g/mol. The van der Waals surface area contributed by atoms with Gasteiger partial charge in [-0.3, -0.25) is 4.90 Å². The van der Waals surface area contributed by atoms with Gasteiger partial charge in [0.2, 0.25) is 0 Å². The molecule has 1 fully saturated rings. The van der Waals surface area contributed by atoms with Crippen LogP contribution in [-0.4, -0.2) is 36.5 Å². The van der Waals surface area contributed by atoms with Crippen LogP contribution in [0.25, 0.3) is 0 Å². The average molecular weight is 331 g/mol. The SMILES string of the molecule is CCNC(=NCc1ccc(CN(CC)CC)cc1)NC1CCCC1. The van der Waals surface area contributed by atoms with Crippen LogP contribution >= 0.6 is 0 Å². The molecule has 24 heavy (non-hydrogen) atoms. The molecule has 0 unspecified atom stereocenters. The molecule has 2 N–H and O–H groups in total. The predicted molar refractivity (Wildman–Crippen MR) is 103 cm³/mol. The Morgan fingerprint density at radius 1 is 1.04 bits per heavy atom. The first-order valence-corrected chi connectivity index (χ1v) is 9.60. The van der Waals surface area contributed by atoms with E-state index < -0.39 is 0 Å². The molecule has 134 valence electrons. The summed E-state index contributed by atoms with van der Waals surface area (Å²) >= 11 is 0. The maximum absolute atomic E-state index is 4.75. The zero-order chi connectivity index (χ0) is 17.2. The maximum atomic E-state index is 4.75. The minimum absolute atomic E-state index is 0.597. The van der Waals surface area contributed by atoms with E-state index in [9.17, 15) is 0 Å². The molecule has 1 aromatic carbocycles. The first-order valence-electron chi connectivity index (χ1n) is 9.60. The highest BCUT2D eigenvalue weighted by molar-refractivity contribution is 5.80. The van der Waals surface area contributed by atoms with E-state index in [1.54, 1.807) is 0 Å². The van der Waals surface area contributed by atoms with E-state index >= 15 is 0 Å². The summed E-state index contributed by atoms with van der Waals surface area (Å²) in [6, 6.07) is 9.49. The molecule has 1 aromatic rings. The van der Waals surface area contributed by atoms with E-state index in [1.807, 2.05) is 0 Å². The standard InChI is InChI=1S/C20H34N4/c1-4-21-20(23-19-9-7-8-10-19)22-15-17-11-13-18(14-12-17)16-24(5-2)6-3/h11-14,19H,4-10,15-16H2,1-3H3,(H2,21,22,23). The van der Waals surface area contributed by atoms with E-state index in [2.05, 4.69) is 60.6 Å². The van der Waals surface area contributed by atoms with Gasteiger partial charge in [0.15, 0.2) is 5.96 Å². The lowest BCUT2D eigenvalue weighted by atomic mass is 10.1. The Morgan fingerprint density at radius 3 is 2.25 bits per heavy atom. The third-order valence-electron chi connectivity index (χ3n) is 4.78. The van der Waals surface area contributed by atoms with Gasteiger partial charge in [-0.25, -0.2) is 4.99 Å². The van der Waals surface area contributed by atoms with Crippen molar-refractivity contribution in [1.29, 1.82) is 0 Å². The van der Waals surface area contributed by atoms with E-state index in [0.29, 0.717) is 6.04 Å². The molecule has 4 nitrogen and oxygen atoms in total. The van der Waals surface area contributed by atoms with Crippen molar-refractivity contribution in [2.24, 2.45) is 4.99 Å². The summed E-state index contributed by atoms with van der Waals surface area (Å²) in [4.78, 5) is 7.19. The zero-order valence-electron chi connectivity index (χ0n) is 15.6. The molecule has 2 rings (SSSR count). The third-order valence-corrected chi connectivity index (χ3v) is 4.78. The zero-order valence-corrected chi connectivity index (χ0v) is 15.6. The second-order valence-electron chi connectivity index (χ2n) is 6.60. The summed E-state index contributed by atoms with van der Waals surface area (Å²) in [5.41, 5.74) is 2.64. The Morgan fingerprint density at radius 2 is 1.67 bits per heavy atom. The number of nitrogens with zero attached hydrogens (tertiary/aromatic N) is 2. The molecule has 0 spiro atoms. The van der Waals surface area contributed by atoms with Crippen LogP contribution in [0, 0.1) is 0 Å². The maximum Gasteiger partial charge on any atom is 0.191 e. The van der Waals surface area contributed by atoms with Crippen molar-refractivity contribution >= 4 is 5.96 Å². The van der Waals surface area contributed by atoms with Gasteiger partial charge in [-0.05, 0) is 44.0 Å². The summed E-state index contributed by atoms with van der Waals surface area (Å²) in [5.74, 6) is 0.955. The monoisotopic (exact) mass is 330 g/mol. The fraction of sp³-hybridized carbons (Fsp3) is 0.650. The van der Waals surface area contributed by atoms with Crippen molar-refractivity contribution in [3.05, 3.63) is 35.4 Å². The number of hydrogen-bond acceptors (Lipinski definition) is 2. The van der Waals surface area contributed by atoms with Crippen LogP contribution in [0.15, 0.2) is 29.3 Å². The number of benzene rings is 1. The molecule has 0 atom stereocenters. The second-order valence-corrected chi connectivity index (χ2v) is 6.60. The van der Waals surface area contributed by atoms with Crippen molar-refractivity contribution in [3.8, 4) is 0 Å². The highest BCUT2D eigenvalue weighted by Gasteiger charge is 2.15. The fourth-order valence-electron chi connectivity index (χ4n) is 3.21. The van der Waals surface area contributed by atoms with E-state index in [0.717, 1.165) is 38.7 Å². The summed E-state index contributed by atoms with van der Waals surface area (Å²) in [5, 5.41) is 6.94. The van der Waals surface area contributed by atoms with Crippen LogP contribution in [0.4, 0.5) is 0 Å². The Bertz CT molecular complexity index is 485. The van der Waals surface area contributed by atoms with Crippen LogP contribution in [-0.2, 0) is 13.1 Å². The van der Waals surface area contributed by atoms with Gasteiger partial charge in [0, 0.05) is 19.1 Å². The van der Waals surface area contributed by atoms with Crippen molar-refractivity contribution in [1.82, 2.24) is 15.5 Å². The van der Waals surface area contributed by atoms with Crippen molar-refractivity contribution in [2.75, 3.05) is 19.6 Å². The Kier molecular flexibility index (Phi) is 8.10. The highest BCUT2D eigenvalue weighted by Crippen LogP contribution is 2.17. The van der Waals surface area contributed by atoms with Crippen molar-refractivity contribution < 1.29 is 0 Å². The first kappa shape index (κ1) is 18.8. The largest absolute Gasteiger partial charge is 0.357 e. The van der Waals surface area contributed by atoms with Gasteiger partial charge < -0.3 is 10.6 Å². The summed E-state index contributed by atoms with van der Waals surface area (Å²) in [7, 11) is 0. The Hall–Kier alpha value is -1.55. The summed E-state index contributed by atoms with van der Waals surface area (Å²) < 4.78 is 0. The Balaban J connectivity index is 1.90. The molecule has 0 radical (unpaired) electrons. The average Bonchev–Trinajstić information content (AvgIpc) is 3.12. The molecule has 0 aliphatic heterocycles. The molecule has 0 aromatic heterocycles. The van der Waals surface area contributed by atoms with Gasteiger partial charge in [0.1, 0.15) is 0 Å². The molecule has 0 bridgehead atoms. The quantitative estimate of drug-likeness (QED) is 0.566. The lowest BCUT2D eigenvalue weighted by Gasteiger charge is -2.18. The topological polar surface area (TPSA) is 39.7 Å². The van der Waals surface area contributed by atoms with Crippen LogP contribution in [0.3, 0.4) is 0 Å². The number of nitrogens with one attached hydrogen (secondary N) is 2. The van der Waals surface area contributed by atoms with Gasteiger partial charge in [-0.1, -0.05) is 51.0 Å².